The number of rotatable bonds is 7. The van der Waals surface area contributed by atoms with Gasteiger partial charge in [-0.3, -0.25) is 4.90 Å². The molecule has 0 aromatic carbocycles. The highest BCUT2D eigenvalue weighted by Gasteiger charge is 2.30. The zero-order valence-corrected chi connectivity index (χ0v) is 10.3. The molecule has 0 spiro atoms. The van der Waals surface area contributed by atoms with Gasteiger partial charge in [-0.1, -0.05) is 6.92 Å². The molecule has 0 unspecified atom stereocenters. The van der Waals surface area contributed by atoms with Crippen LogP contribution in [0, 0.1) is 0 Å². The monoisotopic (exact) mass is 265 g/mol. The van der Waals surface area contributed by atoms with E-state index >= 15 is 0 Å². The lowest BCUT2D eigenvalue weighted by Crippen LogP contribution is -2.36. The summed E-state index contributed by atoms with van der Waals surface area (Å²) in [4.78, 5) is 5.11. The molecule has 1 aromatic rings. The first-order chi connectivity index (χ1) is 8.46. The molecule has 1 aromatic heterocycles. The summed E-state index contributed by atoms with van der Waals surface area (Å²) >= 11 is 0. The number of aryl methyl sites for hydroxylation is 1. The minimum atomic E-state index is -4.26. The summed E-state index contributed by atoms with van der Waals surface area (Å²) in [5, 5.41) is 8.80. The Bertz CT molecular complexity index is 352. The van der Waals surface area contributed by atoms with Gasteiger partial charge in [0.15, 0.2) is 0 Å². The van der Waals surface area contributed by atoms with Crippen molar-refractivity contribution >= 4 is 0 Å². The van der Waals surface area contributed by atoms with Gasteiger partial charge in [0.25, 0.3) is 0 Å². The number of aliphatic hydroxyl groups excluding tert-OH is 1. The van der Waals surface area contributed by atoms with Gasteiger partial charge in [-0.05, 0) is 6.42 Å². The summed E-state index contributed by atoms with van der Waals surface area (Å²) in [6.45, 7) is 1.54. The highest BCUT2D eigenvalue weighted by molar-refractivity contribution is 4.98. The number of imidazole rings is 1. The molecule has 1 rings (SSSR count). The van der Waals surface area contributed by atoms with Crippen molar-refractivity contribution in [1.29, 1.82) is 0 Å². The Morgan fingerprint density at radius 3 is 2.72 bits per heavy atom. The quantitative estimate of drug-likeness (QED) is 0.815. The lowest BCUT2D eigenvalue weighted by Gasteiger charge is -2.23. The number of hydrogen-bond acceptors (Lipinski definition) is 3. The van der Waals surface area contributed by atoms with Gasteiger partial charge in [-0.25, -0.2) is 4.98 Å². The number of hydrogen-bond donors (Lipinski definition) is 1. The number of alkyl halides is 3. The third kappa shape index (κ3) is 5.05. The number of nitrogens with zero attached hydrogens (tertiary/aromatic N) is 3. The normalized spacial score (nSPS) is 12.3. The van der Waals surface area contributed by atoms with Crippen molar-refractivity contribution in [3.8, 4) is 0 Å². The first kappa shape index (κ1) is 15.0. The summed E-state index contributed by atoms with van der Waals surface area (Å²) in [5.41, 5.74) is 0.731. The van der Waals surface area contributed by atoms with Gasteiger partial charge >= 0.3 is 6.18 Å². The number of aliphatic hydroxyl groups is 1. The van der Waals surface area contributed by atoms with Gasteiger partial charge in [0.1, 0.15) is 0 Å². The fourth-order valence-electron chi connectivity index (χ4n) is 1.76. The highest BCUT2D eigenvalue weighted by Crippen LogP contribution is 2.18. The smallest absolute Gasteiger partial charge is 0.395 e. The van der Waals surface area contributed by atoms with Crippen LogP contribution in [0.2, 0.25) is 0 Å². The molecule has 104 valence electrons. The Morgan fingerprint density at radius 2 is 2.17 bits per heavy atom. The standard InChI is InChI=1S/C11H18F3N3O/c1-2-3-17-9-15-6-10(17)7-16(4-5-18)8-11(12,13)14/h6,9,18H,2-5,7-8H2,1H3. The van der Waals surface area contributed by atoms with E-state index in [9.17, 15) is 13.2 Å². The number of aromatic nitrogens is 2. The van der Waals surface area contributed by atoms with Crippen LogP contribution in [0.3, 0.4) is 0 Å². The zero-order chi connectivity index (χ0) is 13.6. The third-order valence-electron chi connectivity index (χ3n) is 2.47. The van der Waals surface area contributed by atoms with E-state index < -0.39 is 12.7 Å². The molecule has 0 aliphatic carbocycles. The van der Waals surface area contributed by atoms with Gasteiger partial charge in [0.05, 0.1) is 25.2 Å². The maximum atomic E-state index is 12.4. The molecule has 0 aliphatic rings. The van der Waals surface area contributed by atoms with Crippen molar-refractivity contribution in [2.75, 3.05) is 19.7 Å². The van der Waals surface area contributed by atoms with E-state index in [-0.39, 0.29) is 19.7 Å². The number of halogens is 3. The lowest BCUT2D eigenvalue weighted by molar-refractivity contribution is -0.148. The molecule has 0 atom stereocenters. The van der Waals surface area contributed by atoms with E-state index in [1.54, 1.807) is 12.5 Å². The van der Waals surface area contributed by atoms with Crippen molar-refractivity contribution in [1.82, 2.24) is 14.5 Å². The molecule has 0 amide bonds. The average molecular weight is 265 g/mol. The van der Waals surface area contributed by atoms with Crippen LogP contribution in [0.1, 0.15) is 19.0 Å². The first-order valence-electron chi connectivity index (χ1n) is 5.85. The molecule has 18 heavy (non-hydrogen) atoms. The third-order valence-corrected chi connectivity index (χ3v) is 2.47. The van der Waals surface area contributed by atoms with Crippen LogP contribution in [0.25, 0.3) is 0 Å². The summed E-state index contributed by atoms with van der Waals surface area (Å²) in [7, 11) is 0. The molecule has 0 aliphatic heterocycles. The highest BCUT2D eigenvalue weighted by atomic mass is 19.4. The summed E-state index contributed by atoms with van der Waals surface area (Å²) in [6.07, 6.45) is -0.187. The minimum Gasteiger partial charge on any atom is -0.395 e. The van der Waals surface area contributed by atoms with Crippen LogP contribution in [-0.2, 0) is 13.1 Å². The van der Waals surface area contributed by atoms with Gasteiger partial charge in [-0.2, -0.15) is 13.2 Å². The average Bonchev–Trinajstić information content (AvgIpc) is 2.64. The zero-order valence-electron chi connectivity index (χ0n) is 10.3. The van der Waals surface area contributed by atoms with Crippen molar-refractivity contribution < 1.29 is 18.3 Å². The Morgan fingerprint density at radius 1 is 1.44 bits per heavy atom. The van der Waals surface area contributed by atoms with Gasteiger partial charge in [-0.15, -0.1) is 0 Å². The minimum absolute atomic E-state index is 0.00316. The Kier molecular flexibility index (Phi) is 5.61. The van der Waals surface area contributed by atoms with Crippen LogP contribution in [0.5, 0.6) is 0 Å². The fourth-order valence-corrected chi connectivity index (χ4v) is 1.76. The molecule has 0 fully saturated rings. The largest absolute Gasteiger partial charge is 0.401 e. The predicted octanol–water partition coefficient (Wildman–Crippen LogP) is 1.65. The molecule has 0 saturated heterocycles. The van der Waals surface area contributed by atoms with Gasteiger partial charge < -0.3 is 9.67 Å². The fraction of sp³-hybridized carbons (Fsp3) is 0.727. The van der Waals surface area contributed by atoms with Crippen LogP contribution in [0.15, 0.2) is 12.5 Å². The van der Waals surface area contributed by atoms with Crippen LogP contribution < -0.4 is 0 Å². The maximum Gasteiger partial charge on any atom is 0.401 e. The van der Waals surface area contributed by atoms with E-state index in [2.05, 4.69) is 4.98 Å². The van der Waals surface area contributed by atoms with E-state index in [1.807, 2.05) is 11.5 Å². The van der Waals surface area contributed by atoms with E-state index in [0.29, 0.717) is 0 Å². The molecule has 0 bridgehead atoms. The second-order valence-corrected chi connectivity index (χ2v) is 4.13. The Balaban J connectivity index is 2.67. The first-order valence-corrected chi connectivity index (χ1v) is 5.85. The van der Waals surface area contributed by atoms with E-state index in [0.717, 1.165) is 18.7 Å². The Labute approximate surface area is 104 Å². The molecular weight excluding hydrogens is 247 g/mol. The van der Waals surface area contributed by atoms with E-state index in [1.165, 1.54) is 4.90 Å². The molecule has 0 radical (unpaired) electrons. The van der Waals surface area contributed by atoms with Crippen LogP contribution >= 0.6 is 0 Å². The van der Waals surface area contributed by atoms with Crippen molar-refractivity contribution in [3.63, 3.8) is 0 Å². The van der Waals surface area contributed by atoms with Crippen molar-refractivity contribution in [2.24, 2.45) is 0 Å². The second kappa shape index (κ2) is 6.75. The van der Waals surface area contributed by atoms with E-state index in [4.69, 9.17) is 5.11 Å². The molecule has 1 N–H and O–H groups in total. The molecule has 0 saturated carbocycles. The summed E-state index contributed by atoms with van der Waals surface area (Å²) in [6, 6.07) is 0. The van der Waals surface area contributed by atoms with Crippen LogP contribution in [-0.4, -0.2) is 45.4 Å². The molecule has 1 heterocycles. The van der Waals surface area contributed by atoms with Crippen molar-refractivity contribution in [2.45, 2.75) is 32.6 Å². The molecule has 7 heteroatoms. The topological polar surface area (TPSA) is 41.3 Å². The molecule has 4 nitrogen and oxygen atoms in total. The van der Waals surface area contributed by atoms with Crippen molar-refractivity contribution in [3.05, 3.63) is 18.2 Å². The SMILES string of the molecule is CCCn1cncc1CN(CCO)CC(F)(F)F. The summed E-state index contributed by atoms with van der Waals surface area (Å²) in [5.74, 6) is 0. The maximum absolute atomic E-state index is 12.4. The summed E-state index contributed by atoms with van der Waals surface area (Å²) < 4.78 is 38.9. The van der Waals surface area contributed by atoms with Gasteiger partial charge in [0, 0.05) is 25.8 Å². The van der Waals surface area contributed by atoms with Crippen LogP contribution in [0.4, 0.5) is 13.2 Å². The predicted molar refractivity (Wildman–Crippen MR) is 60.9 cm³/mol. The molecular formula is C11H18F3N3O. The van der Waals surface area contributed by atoms with Gasteiger partial charge in [0.2, 0.25) is 0 Å². The Hall–Kier alpha value is -1.08. The second-order valence-electron chi connectivity index (χ2n) is 4.13. The lowest BCUT2D eigenvalue weighted by atomic mass is 10.3.